The second kappa shape index (κ2) is 9.37. The molecule has 1 unspecified atom stereocenters. The van der Waals surface area contributed by atoms with Crippen molar-refractivity contribution in [3.63, 3.8) is 0 Å². The van der Waals surface area contributed by atoms with Crippen molar-refractivity contribution in [3.05, 3.63) is 29.8 Å². The molecule has 3 atom stereocenters. The van der Waals surface area contributed by atoms with E-state index >= 15 is 0 Å². The molecule has 27 heavy (non-hydrogen) atoms. The average Bonchev–Trinajstić information content (AvgIpc) is 3.19. The van der Waals surface area contributed by atoms with Crippen LogP contribution in [-0.4, -0.2) is 73.6 Å². The van der Waals surface area contributed by atoms with E-state index in [1.165, 1.54) is 12.0 Å². The fraction of sp³-hybridized carbons (Fsp3) is 0.727. The first-order valence-corrected chi connectivity index (χ1v) is 10.7. The van der Waals surface area contributed by atoms with Crippen LogP contribution in [0.1, 0.15) is 31.2 Å². The number of nitrogens with zero attached hydrogens (tertiary/aromatic N) is 2. The van der Waals surface area contributed by atoms with Gasteiger partial charge >= 0.3 is 0 Å². The molecule has 0 bridgehead atoms. The van der Waals surface area contributed by atoms with Gasteiger partial charge in [-0.15, -0.1) is 0 Å². The van der Waals surface area contributed by atoms with Crippen LogP contribution in [0.25, 0.3) is 0 Å². The van der Waals surface area contributed by atoms with Gasteiger partial charge in [-0.3, -0.25) is 9.80 Å². The van der Waals surface area contributed by atoms with Crippen LogP contribution in [0, 0.1) is 11.8 Å². The summed E-state index contributed by atoms with van der Waals surface area (Å²) in [5.74, 6) is 2.39. The topological polar surface area (TPSA) is 45.2 Å². The minimum absolute atomic E-state index is 0.0536. The SMILES string of the molecule is OC1C[C@@H]2CN(Cc3cccc(OCCCCN4CCOCC4)c3)C[C@@H]2C1. The second-order valence-electron chi connectivity index (χ2n) is 8.50. The van der Waals surface area contributed by atoms with Gasteiger partial charge in [0.1, 0.15) is 5.75 Å². The molecule has 1 N–H and O–H groups in total. The average molecular weight is 375 g/mol. The molecule has 2 aliphatic heterocycles. The normalized spacial score (nSPS) is 29.1. The van der Waals surface area contributed by atoms with Crippen LogP contribution in [0.3, 0.4) is 0 Å². The van der Waals surface area contributed by atoms with Crippen molar-refractivity contribution in [2.75, 3.05) is 52.5 Å². The predicted octanol–water partition coefficient (Wildman–Crippen LogP) is 2.38. The van der Waals surface area contributed by atoms with Gasteiger partial charge in [-0.25, -0.2) is 0 Å². The Labute approximate surface area is 163 Å². The molecule has 3 aliphatic rings. The van der Waals surface area contributed by atoms with Crippen LogP contribution in [0.5, 0.6) is 5.75 Å². The first-order valence-electron chi connectivity index (χ1n) is 10.7. The molecule has 1 saturated carbocycles. The third-order valence-electron chi connectivity index (χ3n) is 6.35. The van der Waals surface area contributed by atoms with Crippen molar-refractivity contribution < 1.29 is 14.6 Å². The van der Waals surface area contributed by atoms with Gasteiger partial charge in [-0.2, -0.15) is 0 Å². The molecule has 0 aromatic heterocycles. The molecule has 2 heterocycles. The minimum atomic E-state index is -0.0536. The summed E-state index contributed by atoms with van der Waals surface area (Å²) in [5, 5.41) is 9.80. The molecular weight excluding hydrogens is 340 g/mol. The van der Waals surface area contributed by atoms with E-state index in [1.54, 1.807) is 0 Å². The lowest BCUT2D eigenvalue weighted by atomic mass is 10.0. The molecule has 0 radical (unpaired) electrons. The molecular formula is C22H34N2O3. The summed E-state index contributed by atoms with van der Waals surface area (Å²) in [5.41, 5.74) is 1.33. The Kier molecular flexibility index (Phi) is 6.66. The quantitative estimate of drug-likeness (QED) is 0.708. The Morgan fingerprint density at radius 1 is 1.04 bits per heavy atom. The molecule has 5 heteroatoms. The maximum atomic E-state index is 9.80. The molecule has 1 aromatic rings. The molecule has 1 aromatic carbocycles. The molecule has 2 saturated heterocycles. The molecule has 0 amide bonds. The summed E-state index contributed by atoms with van der Waals surface area (Å²) in [6.07, 6.45) is 4.22. The zero-order chi connectivity index (χ0) is 18.5. The Morgan fingerprint density at radius 2 is 1.81 bits per heavy atom. The predicted molar refractivity (Wildman–Crippen MR) is 106 cm³/mol. The monoisotopic (exact) mass is 374 g/mol. The number of hydrogen-bond acceptors (Lipinski definition) is 5. The van der Waals surface area contributed by atoms with Crippen LogP contribution >= 0.6 is 0 Å². The Balaban J connectivity index is 1.16. The maximum absolute atomic E-state index is 9.80. The first-order chi connectivity index (χ1) is 13.3. The molecule has 3 fully saturated rings. The van der Waals surface area contributed by atoms with Crippen molar-refractivity contribution in [1.29, 1.82) is 0 Å². The third kappa shape index (κ3) is 5.44. The highest BCUT2D eigenvalue weighted by atomic mass is 16.5. The summed E-state index contributed by atoms with van der Waals surface area (Å²) in [6.45, 7) is 9.10. The fourth-order valence-electron chi connectivity index (χ4n) is 4.94. The number of aliphatic hydroxyl groups is 1. The third-order valence-corrected chi connectivity index (χ3v) is 6.35. The van der Waals surface area contributed by atoms with Crippen molar-refractivity contribution in [2.45, 2.75) is 38.3 Å². The van der Waals surface area contributed by atoms with E-state index in [0.29, 0.717) is 11.8 Å². The summed E-state index contributed by atoms with van der Waals surface area (Å²) in [7, 11) is 0. The molecule has 5 nitrogen and oxygen atoms in total. The van der Waals surface area contributed by atoms with Crippen LogP contribution in [0.15, 0.2) is 24.3 Å². The number of unbranched alkanes of at least 4 members (excludes halogenated alkanes) is 1. The van der Waals surface area contributed by atoms with E-state index < -0.39 is 0 Å². The van der Waals surface area contributed by atoms with Crippen molar-refractivity contribution in [1.82, 2.24) is 9.80 Å². The number of benzene rings is 1. The van der Waals surface area contributed by atoms with Crippen LogP contribution in [0.2, 0.25) is 0 Å². The fourth-order valence-corrected chi connectivity index (χ4v) is 4.94. The van der Waals surface area contributed by atoms with E-state index in [2.05, 4.69) is 34.1 Å². The van der Waals surface area contributed by atoms with E-state index in [0.717, 1.165) is 84.1 Å². The first kappa shape index (κ1) is 19.2. The van der Waals surface area contributed by atoms with E-state index in [4.69, 9.17) is 9.47 Å². The van der Waals surface area contributed by atoms with Gasteiger partial charge in [0.2, 0.25) is 0 Å². The van der Waals surface area contributed by atoms with Crippen molar-refractivity contribution in [3.8, 4) is 5.75 Å². The highest BCUT2D eigenvalue weighted by Crippen LogP contribution is 2.38. The Hall–Kier alpha value is -1.14. The number of ether oxygens (including phenoxy) is 2. The minimum Gasteiger partial charge on any atom is -0.494 e. The lowest BCUT2D eigenvalue weighted by molar-refractivity contribution is 0.0368. The van der Waals surface area contributed by atoms with Crippen molar-refractivity contribution in [2.24, 2.45) is 11.8 Å². The number of morpholine rings is 1. The van der Waals surface area contributed by atoms with Crippen LogP contribution < -0.4 is 4.74 Å². The van der Waals surface area contributed by atoms with Crippen molar-refractivity contribution >= 4 is 0 Å². The van der Waals surface area contributed by atoms with Gasteiger partial charge in [0.25, 0.3) is 0 Å². The van der Waals surface area contributed by atoms with E-state index in [1.807, 2.05) is 0 Å². The lowest BCUT2D eigenvalue weighted by Gasteiger charge is -2.26. The highest BCUT2D eigenvalue weighted by Gasteiger charge is 2.39. The summed E-state index contributed by atoms with van der Waals surface area (Å²) >= 11 is 0. The standard InChI is InChI=1S/C22H34N2O3/c25-21-13-19-16-24(17-20(19)14-21)15-18-4-3-5-22(12-18)27-9-2-1-6-23-7-10-26-11-8-23/h3-5,12,19-21,25H,1-2,6-11,13-17H2/t19-,20+,21?. The van der Waals surface area contributed by atoms with E-state index in [9.17, 15) is 5.11 Å². The molecule has 0 spiro atoms. The summed E-state index contributed by atoms with van der Waals surface area (Å²) in [4.78, 5) is 5.02. The second-order valence-corrected chi connectivity index (χ2v) is 8.50. The Morgan fingerprint density at radius 3 is 2.59 bits per heavy atom. The van der Waals surface area contributed by atoms with E-state index in [-0.39, 0.29) is 6.10 Å². The lowest BCUT2D eigenvalue weighted by Crippen LogP contribution is -2.36. The zero-order valence-electron chi connectivity index (χ0n) is 16.4. The molecule has 4 rings (SSSR count). The number of rotatable bonds is 8. The molecule has 150 valence electrons. The highest BCUT2D eigenvalue weighted by molar-refractivity contribution is 5.28. The van der Waals surface area contributed by atoms with Crippen LogP contribution in [-0.2, 0) is 11.3 Å². The summed E-state index contributed by atoms with van der Waals surface area (Å²) < 4.78 is 11.4. The van der Waals surface area contributed by atoms with Gasteiger partial charge in [0.15, 0.2) is 0 Å². The number of likely N-dealkylation sites (tertiary alicyclic amines) is 1. The van der Waals surface area contributed by atoms with Gasteiger partial charge in [-0.1, -0.05) is 12.1 Å². The van der Waals surface area contributed by atoms with Gasteiger partial charge < -0.3 is 14.6 Å². The number of aliphatic hydroxyl groups excluding tert-OH is 1. The summed E-state index contributed by atoms with van der Waals surface area (Å²) in [6, 6.07) is 8.58. The number of hydrogen-bond donors (Lipinski definition) is 1. The zero-order valence-corrected chi connectivity index (χ0v) is 16.4. The van der Waals surface area contributed by atoms with Gasteiger partial charge in [0.05, 0.1) is 25.9 Å². The maximum Gasteiger partial charge on any atom is 0.119 e. The van der Waals surface area contributed by atoms with Gasteiger partial charge in [-0.05, 0) is 61.8 Å². The van der Waals surface area contributed by atoms with Crippen LogP contribution in [0.4, 0.5) is 0 Å². The number of fused-ring (bicyclic) bond motifs is 1. The largest absolute Gasteiger partial charge is 0.494 e. The smallest absolute Gasteiger partial charge is 0.119 e. The molecule has 1 aliphatic carbocycles. The van der Waals surface area contributed by atoms with Gasteiger partial charge in [0, 0.05) is 32.7 Å². The Bertz CT molecular complexity index is 577.